The highest BCUT2D eigenvalue weighted by molar-refractivity contribution is 5.93. The molecule has 214 valence electrons. The van der Waals surface area contributed by atoms with Crippen LogP contribution in [0.2, 0.25) is 0 Å². The van der Waals surface area contributed by atoms with Gasteiger partial charge in [-0.05, 0) is 64.8 Å². The molecule has 2 aromatic carbocycles. The molecule has 0 bridgehead atoms. The van der Waals surface area contributed by atoms with Crippen molar-refractivity contribution in [1.82, 2.24) is 15.5 Å². The van der Waals surface area contributed by atoms with Crippen LogP contribution in [0.1, 0.15) is 64.3 Å². The molecule has 0 radical (unpaired) electrons. The number of terminal acetylenes is 1. The zero-order valence-corrected chi connectivity index (χ0v) is 24.2. The molecule has 0 aliphatic rings. The monoisotopic (exact) mass is 549 g/mol. The third kappa shape index (κ3) is 9.45. The van der Waals surface area contributed by atoms with Crippen LogP contribution >= 0.6 is 0 Å². The normalized spacial score (nSPS) is 12.8. The molecular formula is C31H39N3O6. The number of carbonyl (C=O) groups excluding carboxylic acids is 4. The summed E-state index contributed by atoms with van der Waals surface area (Å²) in [6.07, 6.45) is 4.90. The number of ether oxygens (including phenoxy) is 2. The summed E-state index contributed by atoms with van der Waals surface area (Å²) >= 11 is 0. The number of hydrogen-bond acceptors (Lipinski definition) is 6. The van der Waals surface area contributed by atoms with Crippen molar-refractivity contribution >= 4 is 23.9 Å². The number of benzene rings is 2. The number of methoxy groups -OCH3 is 1. The van der Waals surface area contributed by atoms with Crippen molar-refractivity contribution in [3.8, 4) is 12.3 Å². The van der Waals surface area contributed by atoms with Crippen molar-refractivity contribution in [2.24, 2.45) is 0 Å². The number of esters is 1. The van der Waals surface area contributed by atoms with Gasteiger partial charge in [0.05, 0.1) is 7.11 Å². The van der Waals surface area contributed by atoms with Crippen LogP contribution < -0.4 is 10.6 Å². The van der Waals surface area contributed by atoms with Crippen LogP contribution in [0.15, 0.2) is 54.6 Å². The lowest BCUT2D eigenvalue weighted by Gasteiger charge is -2.43. The van der Waals surface area contributed by atoms with E-state index in [0.29, 0.717) is 11.1 Å². The van der Waals surface area contributed by atoms with Gasteiger partial charge in [-0.25, -0.2) is 4.79 Å². The fourth-order valence-electron chi connectivity index (χ4n) is 4.02. The van der Waals surface area contributed by atoms with Crippen LogP contribution in [0.5, 0.6) is 0 Å². The number of carbonyl (C=O) groups is 4. The van der Waals surface area contributed by atoms with E-state index in [9.17, 15) is 19.2 Å². The van der Waals surface area contributed by atoms with E-state index in [1.165, 1.54) is 12.0 Å². The van der Waals surface area contributed by atoms with Gasteiger partial charge in [-0.1, -0.05) is 48.4 Å². The van der Waals surface area contributed by atoms with Gasteiger partial charge in [0.15, 0.2) is 0 Å². The van der Waals surface area contributed by atoms with E-state index in [4.69, 9.17) is 11.2 Å². The van der Waals surface area contributed by atoms with E-state index in [1.807, 2.05) is 30.3 Å². The predicted octanol–water partition coefficient (Wildman–Crippen LogP) is 3.76. The van der Waals surface area contributed by atoms with E-state index in [2.05, 4.69) is 21.3 Å². The molecule has 0 spiro atoms. The number of alkyl carbamates (subject to hydrolysis) is 1. The van der Waals surface area contributed by atoms with E-state index in [-0.39, 0.29) is 13.0 Å². The quantitative estimate of drug-likeness (QED) is 0.364. The Balaban J connectivity index is 2.60. The Kier molecular flexibility index (Phi) is 10.9. The molecule has 9 heteroatoms. The third-order valence-corrected chi connectivity index (χ3v) is 5.77. The second-order valence-corrected chi connectivity index (χ2v) is 11.2. The summed E-state index contributed by atoms with van der Waals surface area (Å²) in [7, 11) is 1.21. The molecule has 0 aliphatic heterocycles. The molecule has 2 atom stereocenters. The molecule has 2 unspecified atom stereocenters. The van der Waals surface area contributed by atoms with Crippen LogP contribution in [0.3, 0.4) is 0 Å². The summed E-state index contributed by atoms with van der Waals surface area (Å²) in [6.45, 7) is 10.2. The molecule has 2 N–H and O–H groups in total. The second kappa shape index (κ2) is 13.7. The maximum absolute atomic E-state index is 14.4. The van der Waals surface area contributed by atoms with Crippen LogP contribution in [-0.2, 0) is 30.3 Å². The topological polar surface area (TPSA) is 114 Å². The van der Waals surface area contributed by atoms with E-state index in [1.54, 1.807) is 65.8 Å². The summed E-state index contributed by atoms with van der Waals surface area (Å²) in [6, 6.07) is 13.6. The highest BCUT2D eigenvalue weighted by atomic mass is 16.6. The van der Waals surface area contributed by atoms with Gasteiger partial charge in [0.2, 0.25) is 11.8 Å². The maximum Gasteiger partial charge on any atom is 0.408 e. The van der Waals surface area contributed by atoms with Crippen molar-refractivity contribution in [3.05, 3.63) is 71.3 Å². The molecule has 40 heavy (non-hydrogen) atoms. The minimum absolute atomic E-state index is 0.151. The van der Waals surface area contributed by atoms with E-state index in [0.717, 1.165) is 5.56 Å². The molecule has 0 aromatic heterocycles. The van der Waals surface area contributed by atoms with Crippen molar-refractivity contribution < 1.29 is 28.7 Å². The lowest BCUT2D eigenvalue weighted by molar-refractivity contribution is -0.149. The van der Waals surface area contributed by atoms with Gasteiger partial charge in [-0.3, -0.25) is 14.4 Å². The van der Waals surface area contributed by atoms with Gasteiger partial charge in [0, 0.05) is 17.5 Å². The third-order valence-electron chi connectivity index (χ3n) is 5.77. The van der Waals surface area contributed by atoms with E-state index < -0.39 is 47.1 Å². The zero-order chi connectivity index (χ0) is 30.1. The Labute approximate surface area is 236 Å². The Bertz CT molecular complexity index is 1220. The number of hydrogen-bond donors (Lipinski definition) is 2. The number of rotatable bonds is 9. The first-order chi connectivity index (χ1) is 18.7. The highest BCUT2D eigenvalue weighted by Gasteiger charge is 2.42. The maximum atomic E-state index is 14.4. The first-order valence-corrected chi connectivity index (χ1v) is 12.9. The molecule has 0 fully saturated rings. The predicted molar refractivity (Wildman–Crippen MR) is 152 cm³/mol. The van der Waals surface area contributed by atoms with Crippen molar-refractivity contribution in [3.63, 3.8) is 0 Å². The minimum Gasteiger partial charge on any atom is -0.468 e. The van der Waals surface area contributed by atoms with Gasteiger partial charge in [-0.2, -0.15) is 0 Å². The Morgan fingerprint density at radius 1 is 0.950 bits per heavy atom. The summed E-state index contributed by atoms with van der Waals surface area (Å²) in [5.41, 5.74) is 0.180. The number of nitrogens with zero attached hydrogens (tertiary/aromatic N) is 1. The van der Waals surface area contributed by atoms with Gasteiger partial charge in [0.1, 0.15) is 24.2 Å². The van der Waals surface area contributed by atoms with E-state index >= 15 is 0 Å². The first kappa shape index (κ1) is 31.9. The Morgan fingerprint density at radius 2 is 1.55 bits per heavy atom. The smallest absolute Gasteiger partial charge is 0.408 e. The number of nitrogens with one attached hydrogen (secondary N) is 2. The zero-order valence-electron chi connectivity index (χ0n) is 24.2. The second-order valence-electron chi connectivity index (χ2n) is 11.2. The van der Waals surface area contributed by atoms with Crippen molar-refractivity contribution in [1.29, 1.82) is 0 Å². The molecule has 0 saturated heterocycles. The average molecular weight is 550 g/mol. The van der Waals surface area contributed by atoms with Crippen LogP contribution in [0, 0.1) is 12.3 Å². The van der Waals surface area contributed by atoms with Crippen LogP contribution in [0.4, 0.5) is 4.79 Å². The van der Waals surface area contributed by atoms with Crippen LogP contribution in [0.25, 0.3) is 0 Å². The molecule has 2 rings (SSSR count). The van der Waals surface area contributed by atoms with Gasteiger partial charge < -0.3 is 25.0 Å². The van der Waals surface area contributed by atoms with Gasteiger partial charge >= 0.3 is 12.1 Å². The highest BCUT2D eigenvalue weighted by Crippen LogP contribution is 2.31. The molecule has 9 nitrogen and oxygen atoms in total. The lowest BCUT2D eigenvalue weighted by atomic mass is 9.93. The SMILES string of the molecule is C#Cc1ccc(C(C(=O)NCC(=O)OC)N(C(=O)C(Cc2ccccc2)NC(=O)OC(C)(C)C)C(C)(C)C)cc1. The number of amides is 3. The average Bonchev–Trinajstić information content (AvgIpc) is 2.88. The lowest BCUT2D eigenvalue weighted by Crippen LogP contribution is -2.59. The fraction of sp³-hybridized carbons (Fsp3) is 0.419. The van der Waals surface area contributed by atoms with Crippen LogP contribution in [-0.4, -0.2) is 59.6 Å². The summed E-state index contributed by atoms with van der Waals surface area (Å²) in [5.74, 6) is 0.781. The largest absolute Gasteiger partial charge is 0.468 e. The molecular weight excluding hydrogens is 510 g/mol. The van der Waals surface area contributed by atoms with Crippen molar-refractivity contribution in [2.45, 2.75) is 71.2 Å². The van der Waals surface area contributed by atoms with Gasteiger partial charge in [0.25, 0.3) is 0 Å². The summed E-state index contributed by atoms with van der Waals surface area (Å²) < 4.78 is 10.1. The Hall–Kier alpha value is -4.32. The molecule has 3 amide bonds. The fourth-order valence-corrected chi connectivity index (χ4v) is 4.02. The van der Waals surface area contributed by atoms with Crippen molar-refractivity contribution in [2.75, 3.05) is 13.7 Å². The minimum atomic E-state index is -1.16. The molecule has 0 aliphatic carbocycles. The summed E-state index contributed by atoms with van der Waals surface area (Å²) in [5, 5.41) is 5.28. The Morgan fingerprint density at radius 3 is 2.05 bits per heavy atom. The molecule has 2 aromatic rings. The van der Waals surface area contributed by atoms with Gasteiger partial charge in [-0.15, -0.1) is 6.42 Å². The molecule has 0 saturated carbocycles. The molecule has 0 heterocycles. The first-order valence-electron chi connectivity index (χ1n) is 12.9. The summed E-state index contributed by atoms with van der Waals surface area (Å²) in [4.78, 5) is 54.1. The standard InChI is InChI=1S/C31H39N3O6/c1-9-21-15-17-23(18-16-21)26(27(36)32-20-25(35)39-8)34(30(2,3)4)28(37)24(19-22-13-11-10-12-14-22)33-29(38)40-31(5,6)7/h1,10-18,24,26H,19-20H2,2-8H3,(H,32,36)(H,33,38).